The minimum absolute atomic E-state index is 0.150. The van der Waals surface area contributed by atoms with Crippen LogP contribution < -0.4 is 10.1 Å². The van der Waals surface area contributed by atoms with E-state index < -0.39 is 0 Å². The van der Waals surface area contributed by atoms with Gasteiger partial charge in [0, 0.05) is 5.69 Å². The van der Waals surface area contributed by atoms with E-state index in [0.717, 1.165) is 5.69 Å². The van der Waals surface area contributed by atoms with Crippen LogP contribution in [0.3, 0.4) is 0 Å². The maximum Gasteiger partial charge on any atom is 0.336 e. The molecule has 148 valence electrons. The Balaban J connectivity index is 1.65. The highest BCUT2D eigenvalue weighted by molar-refractivity contribution is 7.12. The number of anilines is 1. The van der Waals surface area contributed by atoms with Crippen molar-refractivity contribution in [2.45, 2.75) is 13.8 Å². The predicted octanol–water partition coefficient (Wildman–Crippen LogP) is 4.88. The van der Waals surface area contributed by atoms with Crippen LogP contribution in [0.15, 0.2) is 64.6 Å². The second-order valence-electron chi connectivity index (χ2n) is 6.79. The van der Waals surface area contributed by atoms with Crippen molar-refractivity contribution in [1.29, 1.82) is 0 Å². The van der Waals surface area contributed by atoms with Gasteiger partial charge in [0.1, 0.15) is 0 Å². The van der Waals surface area contributed by atoms with Gasteiger partial charge >= 0.3 is 6.01 Å². The van der Waals surface area contributed by atoms with Crippen molar-refractivity contribution >= 4 is 22.9 Å². The fourth-order valence-corrected chi connectivity index (χ4v) is 3.28. The van der Waals surface area contributed by atoms with Gasteiger partial charge in [-0.05, 0) is 47.7 Å². The molecular weight excluding hydrogens is 388 g/mol. The Kier molecular flexibility index (Phi) is 5.44. The van der Waals surface area contributed by atoms with Crippen molar-refractivity contribution in [2.24, 2.45) is 5.92 Å². The monoisotopic (exact) mass is 408 g/mol. The van der Waals surface area contributed by atoms with E-state index in [9.17, 15) is 4.79 Å². The summed E-state index contributed by atoms with van der Waals surface area (Å²) >= 11 is 1.39. The Bertz CT molecular complexity index is 1090. The molecule has 1 amide bonds. The highest BCUT2D eigenvalue weighted by Crippen LogP contribution is 2.25. The smallest absolute Gasteiger partial charge is 0.336 e. The number of furan rings is 1. The summed E-state index contributed by atoms with van der Waals surface area (Å²) in [6, 6.07) is 14.9. The van der Waals surface area contributed by atoms with Crippen molar-refractivity contribution in [3.8, 4) is 23.3 Å². The number of carbonyl (C=O) groups is 1. The lowest BCUT2D eigenvalue weighted by Gasteiger charge is -2.08. The molecule has 0 saturated carbocycles. The van der Waals surface area contributed by atoms with Crippen molar-refractivity contribution in [3.63, 3.8) is 0 Å². The molecule has 3 aromatic heterocycles. The summed E-state index contributed by atoms with van der Waals surface area (Å²) in [5, 5.41) is 9.27. The summed E-state index contributed by atoms with van der Waals surface area (Å²) in [5.74, 6) is 1.30. The van der Waals surface area contributed by atoms with Crippen LogP contribution >= 0.6 is 11.3 Å². The first-order chi connectivity index (χ1) is 14.1. The van der Waals surface area contributed by atoms with Crippen molar-refractivity contribution in [3.05, 3.63) is 65.1 Å². The Morgan fingerprint density at radius 1 is 1.24 bits per heavy atom. The maximum absolute atomic E-state index is 12.4. The number of hydrogen-bond acceptors (Lipinski definition) is 6. The van der Waals surface area contributed by atoms with Gasteiger partial charge in [0.2, 0.25) is 5.82 Å². The summed E-state index contributed by atoms with van der Waals surface area (Å²) in [4.78, 5) is 17.5. The van der Waals surface area contributed by atoms with Gasteiger partial charge in [-0.2, -0.15) is 4.98 Å². The van der Waals surface area contributed by atoms with Gasteiger partial charge in [0.15, 0.2) is 5.76 Å². The van der Waals surface area contributed by atoms with E-state index in [1.807, 2.05) is 41.8 Å². The molecular formula is C21H20N4O3S. The zero-order chi connectivity index (χ0) is 20.2. The topological polar surface area (TPSA) is 82.2 Å². The molecule has 7 nitrogen and oxygen atoms in total. The summed E-state index contributed by atoms with van der Waals surface area (Å²) in [6.45, 7) is 4.63. The van der Waals surface area contributed by atoms with Crippen molar-refractivity contribution < 1.29 is 13.9 Å². The summed E-state index contributed by atoms with van der Waals surface area (Å²) < 4.78 is 12.9. The maximum atomic E-state index is 12.4. The number of carbonyl (C=O) groups excluding carboxylic acids is 1. The van der Waals surface area contributed by atoms with E-state index in [4.69, 9.17) is 9.15 Å². The third kappa shape index (κ3) is 4.38. The van der Waals surface area contributed by atoms with Gasteiger partial charge in [-0.15, -0.1) is 16.4 Å². The molecule has 1 N–H and O–H groups in total. The number of aromatic nitrogens is 3. The van der Waals surface area contributed by atoms with Crippen LogP contribution in [-0.2, 0) is 0 Å². The van der Waals surface area contributed by atoms with Crippen LogP contribution in [0.2, 0.25) is 0 Å². The number of hydrogen-bond donors (Lipinski definition) is 1. The third-order valence-electron chi connectivity index (χ3n) is 3.97. The SMILES string of the molecule is CC(C)COc1nc(-c2ccco2)n(-c2cccc(NC(=O)c3cccs3)c2)n1. The van der Waals surface area contributed by atoms with Gasteiger partial charge in [0.25, 0.3) is 5.91 Å². The molecule has 0 atom stereocenters. The molecule has 4 rings (SSSR count). The molecule has 0 bridgehead atoms. The number of rotatable bonds is 7. The molecule has 0 radical (unpaired) electrons. The molecule has 3 heterocycles. The lowest BCUT2D eigenvalue weighted by atomic mass is 10.2. The standard InChI is InChI=1S/C21H20N4O3S/c1-14(2)13-28-21-23-19(17-8-4-10-27-17)25(24-21)16-7-3-6-15(12-16)22-20(26)18-9-5-11-29-18/h3-12,14H,13H2,1-2H3,(H,22,26). The molecule has 4 aromatic rings. The van der Waals surface area contributed by atoms with E-state index in [1.54, 1.807) is 23.1 Å². The van der Waals surface area contributed by atoms with Gasteiger partial charge < -0.3 is 14.5 Å². The number of benzene rings is 1. The second kappa shape index (κ2) is 8.32. The lowest BCUT2D eigenvalue weighted by molar-refractivity contribution is 0.103. The number of ether oxygens (including phenoxy) is 1. The van der Waals surface area contributed by atoms with E-state index in [-0.39, 0.29) is 11.9 Å². The van der Waals surface area contributed by atoms with Crippen LogP contribution in [0.1, 0.15) is 23.5 Å². The molecule has 0 aliphatic heterocycles. The van der Waals surface area contributed by atoms with Crippen LogP contribution in [-0.4, -0.2) is 27.3 Å². The quantitative estimate of drug-likeness (QED) is 0.471. The van der Waals surface area contributed by atoms with E-state index in [1.165, 1.54) is 11.3 Å². The zero-order valence-corrected chi connectivity index (χ0v) is 16.8. The second-order valence-corrected chi connectivity index (χ2v) is 7.74. The summed E-state index contributed by atoms with van der Waals surface area (Å²) in [7, 11) is 0. The molecule has 1 aromatic carbocycles. The average Bonchev–Trinajstić information content (AvgIpc) is 3.48. The highest BCUT2D eigenvalue weighted by Gasteiger charge is 2.18. The minimum Gasteiger partial charge on any atom is -0.462 e. The number of nitrogens with zero attached hydrogens (tertiary/aromatic N) is 3. The molecule has 0 saturated heterocycles. The van der Waals surface area contributed by atoms with E-state index in [0.29, 0.717) is 34.7 Å². The number of thiophene rings is 1. The van der Waals surface area contributed by atoms with Crippen LogP contribution in [0.5, 0.6) is 6.01 Å². The number of nitrogens with one attached hydrogen (secondary N) is 1. The minimum atomic E-state index is -0.150. The highest BCUT2D eigenvalue weighted by atomic mass is 32.1. The molecule has 0 spiro atoms. The van der Waals surface area contributed by atoms with Gasteiger partial charge in [0.05, 0.1) is 23.4 Å². The average molecular weight is 408 g/mol. The molecule has 8 heteroatoms. The predicted molar refractivity (Wildman–Crippen MR) is 112 cm³/mol. The molecule has 0 aliphatic carbocycles. The van der Waals surface area contributed by atoms with Crippen LogP contribution in [0.25, 0.3) is 17.3 Å². The van der Waals surface area contributed by atoms with Crippen LogP contribution in [0.4, 0.5) is 5.69 Å². The molecule has 0 fully saturated rings. The van der Waals surface area contributed by atoms with Gasteiger partial charge in [-0.25, -0.2) is 4.68 Å². The lowest BCUT2D eigenvalue weighted by Crippen LogP contribution is -2.10. The summed E-state index contributed by atoms with van der Waals surface area (Å²) in [5.41, 5.74) is 1.39. The first kappa shape index (κ1) is 18.9. The van der Waals surface area contributed by atoms with Gasteiger partial charge in [-0.3, -0.25) is 4.79 Å². The molecule has 29 heavy (non-hydrogen) atoms. The normalized spacial score (nSPS) is 11.0. The van der Waals surface area contributed by atoms with Crippen LogP contribution in [0, 0.1) is 5.92 Å². The Morgan fingerprint density at radius 3 is 2.86 bits per heavy atom. The van der Waals surface area contributed by atoms with Crippen molar-refractivity contribution in [2.75, 3.05) is 11.9 Å². The Hall–Kier alpha value is -3.39. The molecule has 0 aliphatic rings. The largest absolute Gasteiger partial charge is 0.462 e. The first-order valence-corrected chi connectivity index (χ1v) is 10.1. The van der Waals surface area contributed by atoms with E-state index >= 15 is 0 Å². The van der Waals surface area contributed by atoms with E-state index in [2.05, 4.69) is 29.2 Å². The number of amides is 1. The Morgan fingerprint density at radius 2 is 2.14 bits per heavy atom. The fourth-order valence-electron chi connectivity index (χ4n) is 2.66. The zero-order valence-electron chi connectivity index (χ0n) is 16.0. The summed E-state index contributed by atoms with van der Waals surface area (Å²) in [6.07, 6.45) is 1.58. The third-order valence-corrected chi connectivity index (χ3v) is 4.84. The first-order valence-electron chi connectivity index (χ1n) is 9.19. The molecule has 0 unspecified atom stereocenters. The Labute approximate surface area is 172 Å². The fraction of sp³-hybridized carbons (Fsp3) is 0.190. The van der Waals surface area contributed by atoms with Gasteiger partial charge in [-0.1, -0.05) is 26.0 Å². The van der Waals surface area contributed by atoms with Crippen molar-refractivity contribution in [1.82, 2.24) is 14.8 Å².